The molecular weight excluding hydrogens is 749 g/mol. The topological polar surface area (TPSA) is 140 Å². The van der Waals surface area contributed by atoms with Gasteiger partial charge in [-0.15, -0.1) is 18.2 Å². The maximum Gasteiger partial charge on any atom is 0.573 e. The molecule has 6 rings (SSSR count). The summed E-state index contributed by atoms with van der Waals surface area (Å²) in [6.45, 7) is 4.86. The highest BCUT2D eigenvalue weighted by Crippen LogP contribution is 2.52. The zero-order valence-electron chi connectivity index (χ0n) is 29.3. The Morgan fingerprint density at radius 2 is 1.67 bits per heavy atom. The van der Waals surface area contributed by atoms with Crippen molar-refractivity contribution in [1.29, 1.82) is 0 Å². The summed E-state index contributed by atoms with van der Waals surface area (Å²) in [6.07, 6.45) is -3.79. The number of likely N-dealkylation sites (tertiary alicyclic amines) is 1. The second kappa shape index (κ2) is 15.2. The third-order valence-corrected chi connectivity index (χ3v) is 11.1. The van der Waals surface area contributed by atoms with Gasteiger partial charge in [-0.3, -0.25) is 9.69 Å². The number of carbonyl (C=O) groups excluding carboxylic acids is 2. The SMILES string of the molecule is CCOc1ncccc1C1(OC(=O)ON2CCN(C3CCN(C)CC3)CC2)C(=O)N(S(=O)(=O)c2ccc(OC)cc2OC(F)(F)F)c2cc(F)c(F)cc21. The molecule has 54 heavy (non-hydrogen) atoms. The molecule has 0 aliphatic carbocycles. The average Bonchev–Trinajstić information content (AvgIpc) is 3.35. The van der Waals surface area contributed by atoms with E-state index in [-0.39, 0.29) is 35.6 Å². The van der Waals surface area contributed by atoms with Crippen molar-refractivity contribution >= 4 is 27.8 Å². The van der Waals surface area contributed by atoms with Crippen molar-refractivity contribution in [1.82, 2.24) is 19.8 Å². The van der Waals surface area contributed by atoms with E-state index in [2.05, 4.69) is 26.6 Å². The predicted octanol–water partition coefficient (Wildman–Crippen LogP) is 4.42. The first-order chi connectivity index (χ1) is 25.6. The lowest BCUT2D eigenvalue weighted by atomic mass is 9.87. The van der Waals surface area contributed by atoms with E-state index in [0.717, 1.165) is 39.1 Å². The molecule has 14 nitrogen and oxygen atoms in total. The number of carbonyl (C=O) groups is 2. The first-order valence-electron chi connectivity index (χ1n) is 16.8. The fraction of sp³-hybridized carbons (Fsp3) is 0.441. The number of halogens is 5. The number of sulfonamides is 1. The highest BCUT2D eigenvalue weighted by Gasteiger charge is 2.62. The maximum absolute atomic E-state index is 15.2. The van der Waals surface area contributed by atoms with E-state index in [4.69, 9.17) is 19.0 Å². The normalized spacial score (nSPS) is 20.4. The molecule has 1 amide bonds. The van der Waals surface area contributed by atoms with Crippen LogP contribution in [0, 0.1) is 11.6 Å². The summed E-state index contributed by atoms with van der Waals surface area (Å²) in [6, 6.07) is 5.82. The number of amides is 1. The van der Waals surface area contributed by atoms with Crippen LogP contribution in [-0.4, -0.2) is 113 Å². The minimum atomic E-state index is -5.54. The summed E-state index contributed by atoms with van der Waals surface area (Å²) in [7, 11) is -2.39. The second-order valence-corrected chi connectivity index (χ2v) is 14.4. The number of nitrogens with zero attached hydrogens (tertiary/aromatic N) is 5. The third-order valence-electron chi connectivity index (χ3n) is 9.37. The number of piperidine rings is 1. The zero-order chi connectivity index (χ0) is 39.0. The van der Waals surface area contributed by atoms with Gasteiger partial charge in [0.15, 0.2) is 17.4 Å². The van der Waals surface area contributed by atoms with Crippen LogP contribution in [-0.2, 0) is 30.0 Å². The second-order valence-electron chi connectivity index (χ2n) is 12.6. The van der Waals surface area contributed by atoms with Crippen LogP contribution in [0.2, 0.25) is 0 Å². The molecule has 292 valence electrons. The van der Waals surface area contributed by atoms with E-state index < -0.39 is 73.1 Å². The Bertz CT molecular complexity index is 2010. The molecule has 2 fully saturated rings. The predicted molar refractivity (Wildman–Crippen MR) is 178 cm³/mol. The standard InChI is InChI=1S/C34H36F5N5O9S/c1-4-50-30-23(6-5-11-40-30)33(52-32(46)53-43-16-14-42(15-17-43)21-9-12-41(2)13-10-21)24-19-25(35)26(36)20-27(24)44(31(33)45)54(47,48)29-8-7-22(49-3)18-28(29)51-34(37,38)39/h5-8,11,18-21H,4,9-10,12-17H2,1-3H3. The lowest BCUT2D eigenvalue weighted by Gasteiger charge is -2.41. The molecule has 1 unspecified atom stereocenters. The molecule has 3 aliphatic rings. The number of ether oxygens (including phenoxy) is 4. The Morgan fingerprint density at radius 1 is 0.981 bits per heavy atom. The van der Waals surface area contributed by atoms with Crippen molar-refractivity contribution in [2.24, 2.45) is 0 Å². The van der Waals surface area contributed by atoms with Gasteiger partial charge in [0.2, 0.25) is 5.88 Å². The zero-order valence-corrected chi connectivity index (χ0v) is 30.1. The van der Waals surface area contributed by atoms with Crippen LogP contribution in [0.15, 0.2) is 53.6 Å². The van der Waals surface area contributed by atoms with E-state index in [9.17, 15) is 35.6 Å². The molecule has 3 aromatic rings. The first kappa shape index (κ1) is 38.9. The molecule has 2 saturated heterocycles. The quantitative estimate of drug-likeness (QED) is 0.212. The van der Waals surface area contributed by atoms with Crippen molar-refractivity contribution in [3.63, 3.8) is 0 Å². The van der Waals surface area contributed by atoms with Crippen LogP contribution in [0.1, 0.15) is 30.9 Å². The van der Waals surface area contributed by atoms with Crippen LogP contribution >= 0.6 is 0 Å². The smallest absolute Gasteiger partial charge is 0.497 e. The van der Waals surface area contributed by atoms with Crippen LogP contribution < -0.4 is 18.5 Å². The summed E-state index contributed by atoms with van der Waals surface area (Å²) in [5, 5.41) is 1.28. The molecule has 0 radical (unpaired) electrons. The van der Waals surface area contributed by atoms with Gasteiger partial charge in [0.25, 0.3) is 21.5 Å². The number of alkyl halides is 3. The summed E-state index contributed by atoms with van der Waals surface area (Å²) >= 11 is 0. The van der Waals surface area contributed by atoms with Crippen LogP contribution in [0.4, 0.5) is 32.4 Å². The summed E-state index contributed by atoms with van der Waals surface area (Å²) < 4.78 is 120. The fourth-order valence-corrected chi connectivity index (χ4v) is 8.37. The molecule has 0 spiro atoms. The van der Waals surface area contributed by atoms with E-state index >= 15 is 4.39 Å². The van der Waals surface area contributed by atoms with Gasteiger partial charge in [-0.2, -0.15) is 4.31 Å². The van der Waals surface area contributed by atoms with Crippen molar-refractivity contribution in [3.05, 3.63) is 71.4 Å². The highest BCUT2D eigenvalue weighted by atomic mass is 32.2. The molecule has 0 bridgehead atoms. The Labute approximate surface area is 306 Å². The van der Waals surface area contributed by atoms with Gasteiger partial charge in [-0.25, -0.2) is 27.0 Å². The molecule has 0 N–H and O–H groups in total. The number of rotatable bonds is 10. The van der Waals surface area contributed by atoms with Crippen molar-refractivity contribution in [2.75, 3.05) is 64.3 Å². The van der Waals surface area contributed by atoms with Gasteiger partial charge in [0.05, 0.1) is 25.0 Å². The number of benzene rings is 2. The Balaban J connectivity index is 1.42. The molecule has 20 heteroatoms. The molecule has 1 atom stereocenters. The maximum atomic E-state index is 15.2. The van der Waals surface area contributed by atoms with Gasteiger partial charge in [0, 0.05) is 56.1 Å². The number of hydrogen-bond donors (Lipinski definition) is 0. The number of fused-ring (bicyclic) bond motifs is 1. The number of pyridine rings is 1. The summed E-state index contributed by atoms with van der Waals surface area (Å²) in [5.74, 6) is -6.84. The molecular formula is C34H36F5N5O9S. The number of anilines is 1. The van der Waals surface area contributed by atoms with Crippen molar-refractivity contribution in [2.45, 2.75) is 42.7 Å². The van der Waals surface area contributed by atoms with Crippen LogP contribution in [0.5, 0.6) is 17.4 Å². The van der Waals surface area contributed by atoms with E-state index in [1.807, 2.05) is 0 Å². The van der Waals surface area contributed by atoms with Gasteiger partial charge < -0.3 is 28.7 Å². The summed E-state index contributed by atoms with van der Waals surface area (Å²) in [5.41, 5.74) is -5.04. The number of hydroxylamine groups is 2. The van der Waals surface area contributed by atoms with E-state index in [1.54, 1.807) is 6.92 Å². The molecule has 4 heterocycles. The minimum Gasteiger partial charge on any atom is -0.497 e. The van der Waals surface area contributed by atoms with Gasteiger partial charge in [-0.1, -0.05) is 0 Å². The van der Waals surface area contributed by atoms with Crippen LogP contribution in [0.3, 0.4) is 0 Å². The van der Waals surface area contributed by atoms with Crippen LogP contribution in [0.25, 0.3) is 0 Å². The van der Waals surface area contributed by atoms with E-state index in [1.165, 1.54) is 23.4 Å². The monoisotopic (exact) mass is 785 g/mol. The molecule has 0 saturated carbocycles. The lowest BCUT2D eigenvalue weighted by Crippen LogP contribution is -2.53. The number of piperazine rings is 1. The van der Waals surface area contributed by atoms with E-state index in [0.29, 0.717) is 43.4 Å². The Morgan fingerprint density at radius 3 is 2.31 bits per heavy atom. The molecule has 1 aromatic heterocycles. The number of aromatic nitrogens is 1. The Kier molecular flexibility index (Phi) is 10.9. The first-order valence-corrected chi connectivity index (χ1v) is 18.2. The average molecular weight is 786 g/mol. The molecule has 3 aliphatic heterocycles. The minimum absolute atomic E-state index is 0.0725. The van der Waals surface area contributed by atoms with Crippen molar-refractivity contribution in [3.8, 4) is 17.4 Å². The lowest BCUT2D eigenvalue weighted by molar-refractivity contribution is -0.275. The molecule has 2 aromatic carbocycles. The summed E-state index contributed by atoms with van der Waals surface area (Å²) in [4.78, 5) is 41.5. The third kappa shape index (κ3) is 7.46. The Hall–Kier alpha value is -4.79. The number of hydrogen-bond acceptors (Lipinski definition) is 13. The van der Waals surface area contributed by atoms with Gasteiger partial charge in [0.1, 0.15) is 10.6 Å². The number of methoxy groups -OCH3 is 1. The van der Waals surface area contributed by atoms with Gasteiger partial charge >= 0.3 is 12.5 Å². The van der Waals surface area contributed by atoms with Crippen molar-refractivity contribution < 1.29 is 63.7 Å². The van der Waals surface area contributed by atoms with Gasteiger partial charge in [-0.05, 0) is 70.2 Å². The highest BCUT2D eigenvalue weighted by molar-refractivity contribution is 7.93. The fourth-order valence-electron chi connectivity index (χ4n) is 6.82. The largest absolute Gasteiger partial charge is 0.573 e.